The molecule has 1 aromatic carbocycles. The number of hydrogen-bond donors (Lipinski definition) is 0. The van der Waals surface area contributed by atoms with Crippen LogP contribution >= 0.6 is 15.9 Å². The summed E-state index contributed by atoms with van der Waals surface area (Å²) in [4.78, 5) is 10.8. The fourth-order valence-electron chi connectivity index (χ4n) is 2.26. The lowest BCUT2D eigenvalue weighted by molar-refractivity contribution is 0.227. The van der Waals surface area contributed by atoms with Gasteiger partial charge in [-0.2, -0.15) is 0 Å². The van der Waals surface area contributed by atoms with Crippen LogP contribution < -0.4 is 0 Å². The highest BCUT2D eigenvalue weighted by atomic mass is 79.9. The maximum Gasteiger partial charge on any atom is 0.0726 e. The molecule has 0 aliphatic carbocycles. The van der Waals surface area contributed by atoms with Crippen molar-refractivity contribution in [3.63, 3.8) is 0 Å². The average Bonchev–Trinajstić information content (AvgIpc) is 2.43. The smallest absolute Gasteiger partial charge is 0.0726 e. The van der Waals surface area contributed by atoms with Crippen molar-refractivity contribution in [3.05, 3.63) is 58.6 Å². The van der Waals surface area contributed by atoms with E-state index in [9.17, 15) is 0 Å². The molecule has 1 heterocycles. The van der Waals surface area contributed by atoms with Gasteiger partial charge in [0.25, 0.3) is 0 Å². The largest absolute Gasteiger partial charge is 0.293 e. The van der Waals surface area contributed by atoms with Gasteiger partial charge in [-0.05, 0) is 31.2 Å². The molecule has 0 spiro atoms. The van der Waals surface area contributed by atoms with Gasteiger partial charge in [0.15, 0.2) is 0 Å². The molecule has 100 valence electrons. The van der Waals surface area contributed by atoms with E-state index >= 15 is 0 Å². The number of benzene rings is 1. The summed E-state index contributed by atoms with van der Waals surface area (Å²) < 4.78 is 1.11. The van der Waals surface area contributed by atoms with E-state index in [1.807, 2.05) is 6.20 Å². The second kappa shape index (κ2) is 6.78. The Morgan fingerprint density at radius 1 is 1.21 bits per heavy atom. The van der Waals surface area contributed by atoms with E-state index < -0.39 is 0 Å². The molecule has 2 aromatic rings. The minimum absolute atomic E-state index is 0.398. The van der Waals surface area contributed by atoms with Gasteiger partial charge in [0.05, 0.1) is 5.69 Å². The van der Waals surface area contributed by atoms with Crippen LogP contribution in [0, 0.1) is 0 Å². The van der Waals surface area contributed by atoms with Crippen LogP contribution in [0.2, 0.25) is 0 Å². The summed E-state index contributed by atoms with van der Waals surface area (Å²) >= 11 is 3.48. The van der Waals surface area contributed by atoms with Crippen LogP contribution in [0.3, 0.4) is 0 Å². The van der Waals surface area contributed by atoms with E-state index in [1.54, 1.807) is 12.4 Å². The maximum atomic E-state index is 4.33. The fourth-order valence-corrected chi connectivity index (χ4v) is 2.53. The second-order valence-corrected chi connectivity index (χ2v) is 5.50. The van der Waals surface area contributed by atoms with Crippen molar-refractivity contribution in [3.8, 4) is 0 Å². The lowest BCUT2D eigenvalue weighted by Gasteiger charge is -2.27. The van der Waals surface area contributed by atoms with Crippen LogP contribution in [0.4, 0.5) is 0 Å². The lowest BCUT2D eigenvalue weighted by Crippen LogP contribution is -2.24. The van der Waals surface area contributed by atoms with Gasteiger partial charge in [-0.3, -0.25) is 14.9 Å². The summed E-state index contributed by atoms with van der Waals surface area (Å²) in [5, 5.41) is 0. The Bertz CT molecular complexity index is 499. The third kappa shape index (κ3) is 3.85. The molecule has 0 saturated carbocycles. The van der Waals surface area contributed by atoms with Crippen molar-refractivity contribution < 1.29 is 0 Å². The first kappa shape index (κ1) is 14.2. The molecular formula is C15H18BrN3. The van der Waals surface area contributed by atoms with Crippen LogP contribution in [-0.4, -0.2) is 21.9 Å². The number of nitrogens with zero attached hydrogens (tertiary/aromatic N) is 3. The van der Waals surface area contributed by atoms with E-state index in [0.29, 0.717) is 6.04 Å². The first-order valence-corrected chi connectivity index (χ1v) is 7.20. The molecule has 0 N–H and O–H groups in total. The molecule has 0 saturated heterocycles. The Morgan fingerprint density at radius 3 is 2.53 bits per heavy atom. The Labute approximate surface area is 122 Å². The standard InChI is InChI=1S/C15H18BrN3/c1-3-15(12-4-6-13(16)7-5-12)19(2)11-14-10-17-8-9-18-14/h4-10,15H,3,11H2,1-2H3. The van der Waals surface area contributed by atoms with Crippen LogP contribution in [0.25, 0.3) is 0 Å². The quantitative estimate of drug-likeness (QED) is 0.838. The first-order valence-electron chi connectivity index (χ1n) is 6.41. The zero-order valence-electron chi connectivity index (χ0n) is 11.3. The molecule has 0 bridgehead atoms. The van der Waals surface area contributed by atoms with Crippen LogP contribution in [-0.2, 0) is 6.54 Å². The highest BCUT2D eigenvalue weighted by Gasteiger charge is 2.15. The molecule has 1 unspecified atom stereocenters. The molecule has 2 rings (SSSR count). The van der Waals surface area contributed by atoms with E-state index in [-0.39, 0.29) is 0 Å². The summed E-state index contributed by atoms with van der Waals surface area (Å²) in [6.45, 7) is 3.02. The molecular weight excluding hydrogens is 302 g/mol. The van der Waals surface area contributed by atoms with Gasteiger partial charge in [-0.25, -0.2) is 0 Å². The first-order chi connectivity index (χ1) is 9.20. The summed E-state index contributed by atoms with van der Waals surface area (Å²) in [5.41, 5.74) is 2.33. The lowest BCUT2D eigenvalue weighted by atomic mass is 10.0. The van der Waals surface area contributed by atoms with Gasteiger partial charge >= 0.3 is 0 Å². The molecule has 0 aliphatic rings. The predicted octanol–water partition coefficient (Wildman–Crippen LogP) is 3.82. The molecule has 0 aliphatic heterocycles. The summed E-state index contributed by atoms with van der Waals surface area (Å²) in [6.07, 6.45) is 6.34. The van der Waals surface area contributed by atoms with E-state index in [1.165, 1.54) is 5.56 Å². The third-order valence-electron chi connectivity index (χ3n) is 3.20. The van der Waals surface area contributed by atoms with Crippen molar-refractivity contribution >= 4 is 15.9 Å². The highest BCUT2D eigenvalue weighted by molar-refractivity contribution is 9.10. The van der Waals surface area contributed by atoms with Crippen molar-refractivity contribution in [1.29, 1.82) is 0 Å². The maximum absolute atomic E-state index is 4.33. The Hall–Kier alpha value is -1.26. The van der Waals surface area contributed by atoms with Gasteiger partial charge < -0.3 is 0 Å². The summed E-state index contributed by atoms with van der Waals surface area (Å²) in [5.74, 6) is 0. The van der Waals surface area contributed by atoms with E-state index in [4.69, 9.17) is 0 Å². The third-order valence-corrected chi connectivity index (χ3v) is 3.73. The van der Waals surface area contributed by atoms with Gasteiger partial charge in [-0.15, -0.1) is 0 Å². The van der Waals surface area contributed by atoms with E-state index in [0.717, 1.165) is 23.1 Å². The number of halogens is 1. The zero-order valence-corrected chi connectivity index (χ0v) is 12.8. The number of hydrogen-bond acceptors (Lipinski definition) is 3. The minimum Gasteiger partial charge on any atom is -0.293 e. The van der Waals surface area contributed by atoms with Crippen molar-refractivity contribution in [1.82, 2.24) is 14.9 Å². The Kier molecular flexibility index (Phi) is 5.05. The number of aromatic nitrogens is 2. The van der Waals surface area contributed by atoms with Gasteiger partial charge in [0.1, 0.15) is 0 Å². The molecule has 3 nitrogen and oxygen atoms in total. The molecule has 1 atom stereocenters. The topological polar surface area (TPSA) is 29.0 Å². The molecule has 4 heteroatoms. The minimum atomic E-state index is 0.398. The monoisotopic (exact) mass is 319 g/mol. The Morgan fingerprint density at radius 2 is 1.95 bits per heavy atom. The summed E-state index contributed by atoms with van der Waals surface area (Å²) in [7, 11) is 2.13. The highest BCUT2D eigenvalue weighted by Crippen LogP contribution is 2.25. The molecule has 0 fully saturated rings. The molecule has 0 amide bonds. The molecule has 1 aromatic heterocycles. The Balaban J connectivity index is 2.11. The van der Waals surface area contributed by atoms with Crippen LogP contribution in [0.15, 0.2) is 47.3 Å². The number of rotatable bonds is 5. The SMILES string of the molecule is CCC(c1ccc(Br)cc1)N(C)Cc1cnccn1. The van der Waals surface area contributed by atoms with E-state index in [2.05, 4.69) is 69.0 Å². The van der Waals surface area contributed by atoms with Gasteiger partial charge in [0, 0.05) is 35.6 Å². The average molecular weight is 320 g/mol. The van der Waals surface area contributed by atoms with Crippen LogP contribution in [0.1, 0.15) is 30.6 Å². The zero-order chi connectivity index (χ0) is 13.7. The second-order valence-electron chi connectivity index (χ2n) is 4.59. The summed E-state index contributed by atoms with van der Waals surface area (Å²) in [6, 6.07) is 8.93. The predicted molar refractivity (Wildman–Crippen MR) is 80.7 cm³/mol. The fraction of sp³-hybridized carbons (Fsp3) is 0.333. The van der Waals surface area contributed by atoms with Crippen molar-refractivity contribution in [2.45, 2.75) is 25.9 Å². The van der Waals surface area contributed by atoms with Crippen LogP contribution in [0.5, 0.6) is 0 Å². The normalized spacial score (nSPS) is 12.6. The van der Waals surface area contributed by atoms with Crippen molar-refractivity contribution in [2.24, 2.45) is 0 Å². The molecule has 19 heavy (non-hydrogen) atoms. The van der Waals surface area contributed by atoms with Gasteiger partial charge in [0.2, 0.25) is 0 Å². The van der Waals surface area contributed by atoms with Crippen molar-refractivity contribution in [2.75, 3.05) is 7.05 Å². The van der Waals surface area contributed by atoms with Gasteiger partial charge in [-0.1, -0.05) is 35.0 Å². The molecule has 0 radical (unpaired) electrons.